The fraction of sp³-hybridized carbons (Fsp3) is 0.700. The summed E-state index contributed by atoms with van der Waals surface area (Å²) in [6.45, 7) is 3.35. The lowest BCUT2D eigenvalue weighted by Gasteiger charge is -2.32. The Morgan fingerprint density at radius 3 is 2.62 bits per heavy atom. The lowest BCUT2D eigenvalue weighted by Crippen LogP contribution is -2.33. The zero-order valence-corrected chi connectivity index (χ0v) is 7.84. The molecule has 2 aliphatic rings. The van der Waals surface area contributed by atoms with Crippen LogP contribution in [0.15, 0.2) is 11.1 Å². The standard InChI is InChI=1S/C10H14O3/c1-8-6-10(12-4-5-13-10)3-2-9(8)7-11/h7H,2-6H2,1H3. The zero-order valence-electron chi connectivity index (χ0n) is 7.84. The van der Waals surface area contributed by atoms with Crippen LogP contribution in [0.3, 0.4) is 0 Å². The van der Waals surface area contributed by atoms with Crippen molar-refractivity contribution in [1.29, 1.82) is 0 Å². The van der Waals surface area contributed by atoms with Crippen LogP contribution in [-0.2, 0) is 14.3 Å². The van der Waals surface area contributed by atoms with E-state index in [2.05, 4.69) is 0 Å². The minimum Gasteiger partial charge on any atom is -0.347 e. The first kappa shape index (κ1) is 8.91. The number of allylic oxidation sites excluding steroid dienone is 1. The summed E-state index contributed by atoms with van der Waals surface area (Å²) in [5.74, 6) is -0.392. The van der Waals surface area contributed by atoms with E-state index in [9.17, 15) is 4.79 Å². The minimum atomic E-state index is -0.392. The van der Waals surface area contributed by atoms with Crippen LogP contribution in [0.25, 0.3) is 0 Å². The lowest BCUT2D eigenvalue weighted by molar-refractivity contribution is -0.163. The molecule has 1 fully saturated rings. The van der Waals surface area contributed by atoms with E-state index in [0.29, 0.717) is 13.2 Å². The maximum absolute atomic E-state index is 10.6. The lowest BCUT2D eigenvalue weighted by atomic mass is 9.89. The molecule has 0 aromatic carbocycles. The molecule has 0 bridgehead atoms. The Kier molecular flexibility index (Phi) is 2.22. The summed E-state index contributed by atoms with van der Waals surface area (Å²) in [6.07, 6.45) is 3.31. The molecule has 0 saturated carbocycles. The first-order chi connectivity index (χ1) is 6.26. The van der Waals surface area contributed by atoms with Gasteiger partial charge in [-0.15, -0.1) is 0 Å². The van der Waals surface area contributed by atoms with Gasteiger partial charge < -0.3 is 9.47 Å². The molecule has 1 aliphatic heterocycles. The van der Waals surface area contributed by atoms with Crippen molar-refractivity contribution in [2.45, 2.75) is 32.0 Å². The SMILES string of the molecule is CC1=C(C=O)CCC2(C1)OCCO2. The molecule has 1 aliphatic carbocycles. The summed E-state index contributed by atoms with van der Waals surface area (Å²) >= 11 is 0. The molecule has 0 unspecified atom stereocenters. The van der Waals surface area contributed by atoms with E-state index in [0.717, 1.165) is 36.7 Å². The molecule has 13 heavy (non-hydrogen) atoms. The van der Waals surface area contributed by atoms with Gasteiger partial charge >= 0.3 is 0 Å². The van der Waals surface area contributed by atoms with Crippen molar-refractivity contribution in [3.63, 3.8) is 0 Å². The van der Waals surface area contributed by atoms with Crippen LogP contribution in [0.4, 0.5) is 0 Å². The van der Waals surface area contributed by atoms with E-state index in [1.165, 1.54) is 0 Å². The number of rotatable bonds is 1. The monoisotopic (exact) mass is 182 g/mol. The van der Waals surface area contributed by atoms with Crippen LogP contribution in [0.2, 0.25) is 0 Å². The van der Waals surface area contributed by atoms with E-state index in [4.69, 9.17) is 9.47 Å². The molecule has 1 saturated heterocycles. The second kappa shape index (κ2) is 3.24. The number of hydrogen-bond donors (Lipinski definition) is 0. The second-order valence-corrected chi connectivity index (χ2v) is 3.71. The highest BCUT2D eigenvalue weighted by molar-refractivity contribution is 5.74. The number of aldehydes is 1. The third-order valence-corrected chi connectivity index (χ3v) is 2.81. The molecule has 3 heteroatoms. The second-order valence-electron chi connectivity index (χ2n) is 3.71. The van der Waals surface area contributed by atoms with Gasteiger partial charge in [-0.2, -0.15) is 0 Å². The number of carbonyl (C=O) groups excluding carboxylic acids is 1. The molecule has 0 radical (unpaired) electrons. The van der Waals surface area contributed by atoms with E-state index >= 15 is 0 Å². The highest BCUT2D eigenvalue weighted by Gasteiger charge is 2.39. The van der Waals surface area contributed by atoms with Crippen molar-refractivity contribution in [1.82, 2.24) is 0 Å². The summed E-state index contributed by atoms with van der Waals surface area (Å²) in [5.41, 5.74) is 2.04. The Labute approximate surface area is 77.7 Å². The summed E-state index contributed by atoms with van der Waals surface area (Å²) in [4.78, 5) is 10.6. The van der Waals surface area contributed by atoms with Crippen LogP contribution in [-0.4, -0.2) is 25.3 Å². The van der Waals surface area contributed by atoms with Crippen molar-refractivity contribution in [3.05, 3.63) is 11.1 Å². The van der Waals surface area contributed by atoms with Crippen molar-refractivity contribution in [2.75, 3.05) is 13.2 Å². The van der Waals surface area contributed by atoms with Crippen LogP contribution in [0, 0.1) is 0 Å². The molecular formula is C10H14O3. The number of carbonyl (C=O) groups is 1. The Morgan fingerprint density at radius 2 is 2.08 bits per heavy atom. The fourth-order valence-electron chi connectivity index (χ4n) is 2.05. The molecule has 0 N–H and O–H groups in total. The normalized spacial score (nSPS) is 26.8. The van der Waals surface area contributed by atoms with Crippen LogP contribution >= 0.6 is 0 Å². The summed E-state index contributed by atoms with van der Waals surface area (Å²) in [5, 5.41) is 0. The molecule has 0 amide bonds. The molecular weight excluding hydrogens is 168 g/mol. The van der Waals surface area contributed by atoms with Gasteiger partial charge in [0.15, 0.2) is 5.79 Å². The van der Waals surface area contributed by atoms with Gasteiger partial charge in [0.05, 0.1) is 13.2 Å². The van der Waals surface area contributed by atoms with Crippen molar-refractivity contribution in [2.24, 2.45) is 0 Å². The van der Waals surface area contributed by atoms with Crippen LogP contribution < -0.4 is 0 Å². The van der Waals surface area contributed by atoms with Gasteiger partial charge in [0.25, 0.3) is 0 Å². The average molecular weight is 182 g/mol. The quantitative estimate of drug-likeness (QED) is 0.575. The van der Waals surface area contributed by atoms with E-state index in [-0.39, 0.29) is 0 Å². The molecule has 1 spiro atoms. The number of hydrogen-bond acceptors (Lipinski definition) is 3. The molecule has 3 nitrogen and oxygen atoms in total. The van der Waals surface area contributed by atoms with Gasteiger partial charge in [0.1, 0.15) is 6.29 Å². The van der Waals surface area contributed by atoms with Gasteiger partial charge in [-0.1, -0.05) is 5.57 Å². The molecule has 72 valence electrons. The van der Waals surface area contributed by atoms with Crippen LogP contribution in [0.5, 0.6) is 0 Å². The third-order valence-electron chi connectivity index (χ3n) is 2.81. The van der Waals surface area contributed by atoms with Crippen molar-refractivity contribution in [3.8, 4) is 0 Å². The van der Waals surface area contributed by atoms with Crippen molar-refractivity contribution >= 4 is 6.29 Å². The van der Waals surface area contributed by atoms with Gasteiger partial charge in [0, 0.05) is 12.8 Å². The van der Waals surface area contributed by atoms with Gasteiger partial charge in [-0.05, 0) is 18.9 Å². The third kappa shape index (κ3) is 1.54. The van der Waals surface area contributed by atoms with Gasteiger partial charge in [-0.3, -0.25) is 4.79 Å². The molecule has 1 heterocycles. The topological polar surface area (TPSA) is 35.5 Å². The predicted octanol–water partition coefficient (Wildman–Crippen LogP) is 1.43. The van der Waals surface area contributed by atoms with E-state index in [1.807, 2.05) is 6.92 Å². The Morgan fingerprint density at radius 1 is 1.38 bits per heavy atom. The Hall–Kier alpha value is -0.670. The highest BCUT2D eigenvalue weighted by atomic mass is 16.7. The van der Waals surface area contributed by atoms with E-state index in [1.54, 1.807) is 0 Å². The molecule has 0 aromatic heterocycles. The van der Waals surface area contributed by atoms with Gasteiger partial charge in [0.2, 0.25) is 0 Å². The summed E-state index contributed by atoms with van der Waals surface area (Å²) in [6, 6.07) is 0. The molecule has 2 rings (SSSR count). The van der Waals surface area contributed by atoms with Crippen LogP contribution in [0.1, 0.15) is 26.2 Å². The van der Waals surface area contributed by atoms with E-state index < -0.39 is 5.79 Å². The summed E-state index contributed by atoms with van der Waals surface area (Å²) in [7, 11) is 0. The Bertz CT molecular complexity index is 249. The zero-order chi connectivity index (χ0) is 9.31. The maximum atomic E-state index is 10.6. The molecule has 0 aromatic rings. The van der Waals surface area contributed by atoms with Gasteiger partial charge in [-0.25, -0.2) is 0 Å². The first-order valence-corrected chi connectivity index (χ1v) is 4.67. The maximum Gasteiger partial charge on any atom is 0.172 e. The average Bonchev–Trinajstić information content (AvgIpc) is 2.54. The molecule has 0 atom stereocenters. The smallest absolute Gasteiger partial charge is 0.172 e. The predicted molar refractivity (Wildman–Crippen MR) is 47.3 cm³/mol. The highest BCUT2D eigenvalue weighted by Crippen LogP contribution is 2.37. The summed E-state index contributed by atoms with van der Waals surface area (Å²) < 4.78 is 11.1. The first-order valence-electron chi connectivity index (χ1n) is 4.67. The van der Waals surface area contributed by atoms with Crippen molar-refractivity contribution < 1.29 is 14.3 Å². The Balaban J connectivity index is 2.15. The largest absolute Gasteiger partial charge is 0.347 e. The number of ether oxygens (including phenoxy) is 2. The fourth-order valence-corrected chi connectivity index (χ4v) is 2.05. The minimum absolute atomic E-state index is 0.392.